The first kappa shape index (κ1) is 22.5. The Morgan fingerprint density at radius 3 is 2.88 bits per heavy atom. The number of aryl methyl sites for hydroxylation is 1. The number of imidazole rings is 1. The summed E-state index contributed by atoms with van der Waals surface area (Å²) in [5, 5.41) is 13.0. The van der Waals surface area contributed by atoms with Crippen molar-refractivity contribution in [2.24, 2.45) is 11.8 Å². The minimum absolute atomic E-state index is 0.0101. The van der Waals surface area contributed by atoms with Gasteiger partial charge in [0.15, 0.2) is 5.82 Å². The van der Waals surface area contributed by atoms with Crippen LogP contribution in [0, 0.1) is 24.6 Å². The molecule has 32 heavy (non-hydrogen) atoms. The highest BCUT2D eigenvalue weighted by molar-refractivity contribution is 6.30. The molecule has 9 heteroatoms. The molecular weight excluding hydrogens is 435 g/mol. The third-order valence-electron chi connectivity index (χ3n) is 5.55. The van der Waals surface area contributed by atoms with Crippen molar-refractivity contribution in [2.45, 2.75) is 33.2 Å². The van der Waals surface area contributed by atoms with Gasteiger partial charge in [0.25, 0.3) is 5.91 Å². The van der Waals surface area contributed by atoms with Crippen LogP contribution < -0.4 is 10.8 Å². The third-order valence-corrected chi connectivity index (χ3v) is 5.78. The molecule has 0 radical (unpaired) electrons. The molecule has 2 aromatic carbocycles. The van der Waals surface area contributed by atoms with Crippen LogP contribution >= 0.6 is 11.6 Å². The zero-order valence-corrected chi connectivity index (χ0v) is 18.7. The highest BCUT2D eigenvalue weighted by atomic mass is 35.5. The number of nitrogens with one attached hydrogen (secondary N) is 2. The van der Waals surface area contributed by atoms with E-state index in [1.807, 2.05) is 13.8 Å². The van der Waals surface area contributed by atoms with Crippen LogP contribution in [0.3, 0.4) is 0 Å². The molecule has 1 unspecified atom stereocenters. The van der Waals surface area contributed by atoms with Gasteiger partial charge in [-0.2, -0.15) is 0 Å². The number of hydrogen-bond acceptors (Lipinski definition) is 5. The molecule has 170 valence electrons. The van der Waals surface area contributed by atoms with Gasteiger partial charge in [-0.05, 0) is 61.4 Å². The van der Waals surface area contributed by atoms with Crippen LogP contribution in [-0.2, 0) is 11.4 Å². The monoisotopic (exact) mass is 460 g/mol. The molecule has 1 aliphatic carbocycles. The number of halogens is 2. The molecule has 1 fully saturated rings. The van der Waals surface area contributed by atoms with Gasteiger partial charge in [-0.15, -0.1) is 0 Å². The molecule has 4 rings (SSSR count). The molecule has 1 atom stereocenters. The fourth-order valence-electron chi connectivity index (χ4n) is 3.46. The molecule has 0 bridgehead atoms. The average molecular weight is 461 g/mol. The van der Waals surface area contributed by atoms with E-state index in [0.717, 1.165) is 18.4 Å². The summed E-state index contributed by atoms with van der Waals surface area (Å²) >= 11 is 6.04. The SMILES string of the molecule is Cc1cc(Cl)ccc1Nc1c(C(=O)NOCC2CC2)cc2c(ncn2CC(C)CO)c1F. The topological polar surface area (TPSA) is 88.4 Å². The Bertz CT molecular complexity index is 1150. The Balaban J connectivity index is 1.74. The van der Waals surface area contributed by atoms with Crippen LogP contribution in [0.25, 0.3) is 11.0 Å². The van der Waals surface area contributed by atoms with Crippen LogP contribution in [0.5, 0.6) is 0 Å². The Labute approximate surface area is 190 Å². The second kappa shape index (κ2) is 9.44. The fraction of sp³-hybridized carbons (Fsp3) is 0.391. The van der Waals surface area contributed by atoms with Crippen molar-refractivity contribution in [3.05, 3.63) is 52.6 Å². The van der Waals surface area contributed by atoms with E-state index in [-0.39, 0.29) is 29.3 Å². The number of benzene rings is 2. The number of carbonyl (C=O) groups is 1. The number of nitrogens with zero attached hydrogens (tertiary/aromatic N) is 2. The van der Waals surface area contributed by atoms with E-state index in [4.69, 9.17) is 16.4 Å². The lowest BCUT2D eigenvalue weighted by Gasteiger charge is -2.16. The first-order chi connectivity index (χ1) is 15.4. The minimum Gasteiger partial charge on any atom is -0.396 e. The van der Waals surface area contributed by atoms with Gasteiger partial charge in [-0.3, -0.25) is 9.63 Å². The number of rotatable bonds is 9. The lowest BCUT2D eigenvalue weighted by Crippen LogP contribution is -2.26. The predicted octanol–water partition coefficient (Wildman–Crippen LogP) is 4.58. The van der Waals surface area contributed by atoms with Crippen LogP contribution in [0.4, 0.5) is 15.8 Å². The Hall–Kier alpha value is -2.68. The summed E-state index contributed by atoms with van der Waals surface area (Å²) in [5.74, 6) is -0.780. The third kappa shape index (κ3) is 4.87. The molecule has 3 N–H and O–H groups in total. The van der Waals surface area contributed by atoms with E-state index < -0.39 is 11.7 Å². The van der Waals surface area contributed by atoms with E-state index in [1.165, 1.54) is 6.33 Å². The molecule has 0 spiro atoms. The summed E-state index contributed by atoms with van der Waals surface area (Å²) in [6.45, 7) is 4.57. The maximum absolute atomic E-state index is 15.6. The van der Waals surface area contributed by atoms with E-state index in [1.54, 1.807) is 28.8 Å². The van der Waals surface area contributed by atoms with Crippen LogP contribution in [0.1, 0.15) is 35.7 Å². The molecule has 0 saturated heterocycles. The maximum Gasteiger partial charge on any atom is 0.277 e. The fourth-order valence-corrected chi connectivity index (χ4v) is 3.69. The highest BCUT2D eigenvalue weighted by Gasteiger charge is 2.25. The van der Waals surface area contributed by atoms with Gasteiger partial charge in [0.1, 0.15) is 5.52 Å². The van der Waals surface area contributed by atoms with Crippen molar-refractivity contribution in [3.63, 3.8) is 0 Å². The average Bonchev–Trinajstić information content (AvgIpc) is 3.50. The Morgan fingerprint density at radius 2 is 2.19 bits per heavy atom. The van der Waals surface area contributed by atoms with Gasteiger partial charge in [0.05, 0.1) is 29.7 Å². The number of anilines is 2. The number of aromatic nitrogens is 2. The van der Waals surface area contributed by atoms with Crippen LogP contribution in [0.15, 0.2) is 30.6 Å². The predicted molar refractivity (Wildman–Crippen MR) is 122 cm³/mol. The lowest BCUT2D eigenvalue weighted by atomic mass is 10.1. The first-order valence-corrected chi connectivity index (χ1v) is 11.0. The highest BCUT2D eigenvalue weighted by Crippen LogP contribution is 2.33. The van der Waals surface area contributed by atoms with Crippen molar-refractivity contribution >= 4 is 39.9 Å². The summed E-state index contributed by atoms with van der Waals surface area (Å²) < 4.78 is 17.4. The van der Waals surface area contributed by atoms with Crippen LogP contribution in [-0.4, -0.2) is 33.8 Å². The van der Waals surface area contributed by atoms with Gasteiger partial charge in [0, 0.05) is 23.9 Å². The standard InChI is InChI=1S/C23H26ClFN4O3/c1-13(10-30)9-29-12-26-22-19(29)8-17(23(31)28-32-11-15-3-4-15)21(20(22)25)27-18-6-5-16(24)7-14(18)2/h5-8,12-13,15,27,30H,3-4,9-11H2,1-2H3,(H,28,31). The first-order valence-electron chi connectivity index (χ1n) is 10.6. The molecule has 1 aliphatic rings. The number of fused-ring (bicyclic) bond motifs is 1. The van der Waals surface area contributed by atoms with E-state index >= 15 is 4.39 Å². The number of aliphatic hydroxyl groups excluding tert-OH is 1. The number of carbonyl (C=O) groups excluding carboxylic acids is 1. The molecule has 1 saturated carbocycles. The summed E-state index contributed by atoms with van der Waals surface area (Å²) in [6.07, 6.45) is 3.69. The van der Waals surface area contributed by atoms with Crippen LogP contribution in [0.2, 0.25) is 5.02 Å². The van der Waals surface area contributed by atoms with Crippen molar-refractivity contribution in [3.8, 4) is 0 Å². The lowest BCUT2D eigenvalue weighted by molar-refractivity contribution is 0.0271. The quantitative estimate of drug-likeness (QED) is 0.407. The molecule has 1 amide bonds. The van der Waals surface area contributed by atoms with Gasteiger partial charge >= 0.3 is 0 Å². The second-order valence-electron chi connectivity index (χ2n) is 8.44. The largest absolute Gasteiger partial charge is 0.396 e. The molecule has 3 aromatic rings. The van der Waals surface area contributed by atoms with E-state index in [9.17, 15) is 9.90 Å². The van der Waals surface area contributed by atoms with E-state index in [0.29, 0.717) is 35.3 Å². The summed E-state index contributed by atoms with van der Waals surface area (Å²) in [6, 6.07) is 6.77. The number of amides is 1. The Kier molecular flexibility index (Phi) is 6.64. The second-order valence-corrected chi connectivity index (χ2v) is 8.87. The van der Waals surface area contributed by atoms with Crippen molar-refractivity contribution in [2.75, 3.05) is 18.5 Å². The van der Waals surface area contributed by atoms with Gasteiger partial charge in [-0.25, -0.2) is 14.9 Å². The molecule has 7 nitrogen and oxygen atoms in total. The zero-order chi connectivity index (χ0) is 22.8. The zero-order valence-electron chi connectivity index (χ0n) is 18.0. The Morgan fingerprint density at radius 1 is 1.41 bits per heavy atom. The van der Waals surface area contributed by atoms with Gasteiger partial charge in [0.2, 0.25) is 0 Å². The molecule has 0 aliphatic heterocycles. The number of aliphatic hydroxyl groups is 1. The van der Waals surface area contributed by atoms with Gasteiger partial charge in [-0.1, -0.05) is 18.5 Å². The maximum atomic E-state index is 15.6. The molecular formula is C23H26ClFN4O3. The smallest absolute Gasteiger partial charge is 0.277 e. The van der Waals surface area contributed by atoms with Crippen molar-refractivity contribution in [1.29, 1.82) is 0 Å². The van der Waals surface area contributed by atoms with E-state index in [2.05, 4.69) is 15.8 Å². The molecule has 1 aromatic heterocycles. The summed E-state index contributed by atoms with van der Waals surface area (Å²) in [5.41, 5.74) is 4.57. The number of hydroxylamine groups is 1. The minimum atomic E-state index is -0.639. The number of hydrogen-bond donors (Lipinski definition) is 3. The molecule has 1 heterocycles. The van der Waals surface area contributed by atoms with Gasteiger partial charge < -0.3 is 15.0 Å². The van der Waals surface area contributed by atoms with Crippen molar-refractivity contribution < 1.29 is 19.1 Å². The summed E-state index contributed by atoms with van der Waals surface area (Å²) in [7, 11) is 0. The van der Waals surface area contributed by atoms with Crippen molar-refractivity contribution in [1.82, 2.24) is 15.0 Å². The normalized spacial score (nSPS) is 14.5. The summed E-state index contributed by atoms with van der Waals surface area (Å²) in [4.78, 5) is 22.5.